The van der Waals surface area contributed by atoms with Crippen molar-refractivity contribution in [2.75, 3.05) is 25.6 Å². The highest BCUT2D eigenvalue weighted by Gasteiger charge is 2.10. The van der Waals surface area contributed by atoms with Crippen LogP contribution in [0.25, 0.3) is 0 Å². The van der Waals surface area contributed by atoms with Crippen molar-refractivity contribution in [2.24, 2.45) is 0 Å². The number of hydrogen-bond acceptors (Lipinski definition) is 5. The molecule has 0 aliphatic rings. The zero-order valence-corrected chi connectivity index (χ0v) is 11.8. The Kier molecular flexibility index (Phi) is 4.97. The van der Waals surface area contributed by atoms with E-state index in [0.29, 0.717) is 22.1 Å². The number of benzene rings is 1. The predicted octanol–water partition coefficient (Wildman–Crippen LogP) is 2.38. The van der Waals surface area contributed by atoms with Crippen molar-refractivity contribution in [2.45, 2.75) is 0 Å². The molecule has 0 atom stereocenters. The van der Waals surface area contributed by atoms with Gasteiger partial charge in [0.25, 0.3) is 5.91 Å². The number of rotatable bonds is 6. The Hall–Kier alpha value is -2.05. The van der Waals surface area contributed by atoms with Gasteiger partial charge in [0.1, 0.15) is 6.61 Å². The van der Waals surface area contributed by atoms with Crippen molar-refractivity contribution < 1.29 is 19.4 Å². The van der Waals surface area contributed by atoms with Crippen LogP contribution in [0.4, 0.5) is 5.69 Å². The molecule has 0 fully saturated rings. The molecular formula is C14H15NO4S. The first-order valence-corrected chi connectivity index (χ1v) is 6.89. The molecule has 0 spiro atoms. The molecule has 0 unspecified atom stereocenters. The summed E-state index contributed by atoms with van der Waals surface area (Å²) < 4.78 is 10.5. The molecule has 0 aliphatic heterocycles. The molecular weight excluding hydrogens is 278 g/mol. The second kappa shape index (κ2) is 6.93. The molecule has 1 amide bonds. The first kappa shape index (κ1) is 14.4. The molecule has 106 valence electrons. The summed E-state index contributed by atoms with van der Waals surface area (Å²) in [5, 5.41) is 13.4. The van der Waals surface area contributed by atoms with E-state index in [-0.39, 0.29) is 19.1 Å². The summed E-state index contributed by atoms with van der Waals surface area (Å²) in [6.45, 7) is 0.0770. The van der Waals surface area contributed by atoms with Gasteiger partial charge in [-0.2, -0.15) is 0 Å². The molecule has 1 heterocycles. The maximum Gasteiger partial charge on any atom is 0.265 e. The summed E-state index contributed by atoms with van der Waals surface area (Å²) in [4.78, 5) is 12.6. The fraction of sp³-hybridized carbons (Fsp3) is 0.214. The molecule has 20 heavy (non-hydrogen) atoms. The van der Waals surface area contributed by atoms with Gasteiger partial charge in [-0.15, -0.1) is 11.3 Å². The van der Waals surface area contributed by atoms with E-state index in [1.54, 1.807) is 24.3 Å². The lowest BCUT2D eigenvalue weighted by Crippen LogP contribution is -2.10. The van der Waals surface area contributed by atoms with Crippen molar-refractivity contribution in [3.05, 3.63) is 40.6 Å². The smallest absolute Gasteiger partial charge is 0.265 e. The van der Waals surface area contributed by atoms with Crippen LogP contribution in [0.15, 0.2) is 35.7 Å². The van der Waals surface area contributed by atoms with E-state index in [0.717, 1.165) is 0 Å². The number of aliphatic hydroxyl groups excluding tert-OH is 1. The summed E-state index contributed by atoms with van der Waals surface area (Å²) in [5.74, 6) is 0.858. The SMILES string of the molecule is COc1ccc(NC(=O)c2cccs2)cc1OCCO. The summed E-state index contributed by atoms with van der Waals surface area (Å²) in [7, 11) is 1.53. The zero-order chi connectivity index (χ0) is 14.4. The van der Waals surface area contributed by atoms with Crippen LogP contribution in [-0.2, 0) is 0 Å². The van der Waals surface area contributed by atoms with E-state index in [2.05, 4.69) is 5.32 Å². The number of aliphatic hydroxyl groups is 1. The molecule has 0 bridgehead atoms. The third-order valence-corrected chi connectivity index (χ3v) is 3.38. The Balaban J connectivity index is 2.13. The highest BCUT2D eigenvalue weighted by molar-refractivity contribution is 7.12. The summed E-state index contributed by atoms with van der Waals surface area (Å²) >= 11 is 1.37. The zero-order valence-electron chi connectivity index (χ0n) is 11.0. The molecule has 0 saturated heterocycles. The number of nitrogens with one attached hydrogen (secondary N) is 1. The van der Waals surface area contributed by atoms with Crippen LogP contribution >= 0.6 is 11.3 Å². The van der Waals surface area contributed by atoms with E-state index in [9.17, 15) is 4.79 Å². The number of anilines is 1. The summed E-state index contributed by atoms with van der Waals surface area (Å²) in [6, 6.07) is 8.68. The van der Waals surface area contributed by atoms with E-state index < -0.39 is 0 Å². The van der Waals surface area contributed by atoms with Crippen molar-refractivity contribution in [3.63, 3.8) is 0 Å². The van der Waals surface area contributed by atoms with Crippen LogP contribution in [0.2, 0.25) is 0 Å². The molecule has 2 aromatic rings. The molecule has 5 nitrogen and oxygen atoms in total. The minimum absolute atomic E-state index is 0.0884. The van der Waals surface area contributed by atoms with Crippen molar-refractivity contribution in [1.29, 1.82) is 0 Å². The maximum absolute atomic E-state index is 11.9. The number of thiophene rings is 1. The van der Waals surface area contributed by atoms with Gasteiger partial charge < -0.3 is 19.9 Å². The predicted molar refractivity (Wildman–Crippen MR) is 77.8 cm³/mol. The van der Waals surface area contributed by atoms with Gasteiger partial charge in [-0.3, -0.25) is 4.79 Å². The lowest BCUT2D eigenvalue weighted by atomic mass is 10.2. The second-order valence-electron chi connectivity index (χ2n) is 3.87. The van der Waals surface area contributed by atoms with E-state index in [1.165, 1.54) is 18.4 Å². The average molecular weight is 293 g/mol. The van der Waals surface area contributed by atoms with Gasteiger partial charge in [0, 0.05) is 11.8 Å². The minimum Gasteiger partial charge on any atom is -0.493 e. The first-order chi connectivity index (χ1) is 9.74. The van der Waals surface area contributed by atoms with E-state index >= 15 is 0 Å². The van der Waals surface area contributed by atoms with Gasteiger partial charge in [-0.05, 0) is 23.6 Å². The Morgan fingerprint density at radius 3 is 2.85 bits per heavy atom. The van der Waals surface area contributed by atoms with Crippen LogP contribution in [0.1, 0.15) is 9.67 Å². The lowest BCUT2D eigenvalue weighted by Gasteiger charge is -2.12. The quantitative estimate of drug-likeness (QED) is 0.858. The first-order valence-electron chi connectivity index (χ1n) is 6.01. The van der Waals surface area contributed by atoms with Crippen LogP contribution in [0.5, 0.6) is 11.5 Å². The van der Waals surface area contributed by atoms with Crippen LogP contribution in [0, 0.1) is 0 Å². The minimum atomic E-state index is -0.168. The van der Waals surface area contributed by atoms with Gasteiger partial charge in [0.05, 0.1) is 18.6 Å². The molecule has 1 aromatic heterocycles. The van der Waals surface area contributed by atoms with Gasteiger partial charge in [-0.1, -0.05) is 6.07 Å². The molecule has 1 aromatic carbocycles. The maximum atomic E-state index is 11.9. The molecule has 0 aliphatic carbocycles. The normalized spacial score (nSPS) is 10.1. The van der Waals surface area contributed by atoms with Crippen molar-refractivity contribution in [3.8, 4) is 11.5 Å². The number of methoxy groups -OCH3 is 1. The molecule has 2 rings (SSSR count). The Bertz CT molecular complexity index is 569. The number of carbonyl (C=O) groups excluding carboxylic acids is 1. The van der Waals surface area contributed by atoms with Gasteiger partial charge in [-0.25, -0.2) is 0 Å². The number of ether oxygens (including phenoxy) is 2. The topological polar surface area (TPSA) is 67.8 Å². The van der Waals surface area contributed by atoms with Crippen LogP contribution in [-0.4, -0.2) is 31.3 Å². The number of carbonyl (C=O) groups is 1. The molecule has 0 radical (unpaired) electrons. The summed E-state index contributed by atoms with van der Waals surface area (Å²) in [5.41, 5.74) is 0.608. The van der Waals surface area contributed by atoms with Crippen molar-refractivity contribution in [1.82, 2.24) is 0 Å². The van der Waals surface area contributed by atoms with Crippen LogP contribution < -0.4 is 14.8 Å². The monoisotopic (exact) mass is 293 g/mol. The highest BCUT2D eigenvalue weighted by Crippen LogP contribution is 2.30. The Morgan fingerprint density at radius 1 is 1.35 bits per heavy atom. The third-order valence-electron chi connectivity index (χ3n) is 2.52. The largest absolute Gasteiger partial charge is 0.493 e. The van der Waals surface area contributed by atoms with E-state index in [1.807, 2.05) is 11.4 Å². The lowest BCUT2D eigenvalue weighted by molar-refractivity contribution is 0.103. The average Bonchev–Trinajstić information content (AvgIpc) is 2.99. The standard InChI is InChI=1S/C14H15NO4S/c1-18-11-5-4-10(9-12(11)19-7-6-16)15-14(17)13-3-2-8-20-13/h2-5,8-9,16H,6-7H2,1H3,(H,15,17). The number of amides is 1. The fourth-order valence-corrected chi connectivity index (χ4v) is 2.24. The van der Waals surface area contributed by atoms with Gasteiger partial charge in [0.2, 0.25) is 0 Å². The van der Waals surface area contributed by atoms with Crippen molar-refractivity contribution >= 4 is 22.9 Å². The number of hydrogen-bond donors (Lipinski definition) is 2. The molecule has 0 saturated carbocycles. The Labute approximate surface area is 120 Å². The second-order valence-corrected chi connectivity index (χ2v) is 4.82. The van der Waals surface area contributed by atoms with Crippen LogP contribution in [0.3, 0.4) is 0 Å². The molecule has 2 N–H and O–H groups in total. The Morgan fingerprint density at radius 2 is 2.20 bits per heavy atom. The van der Waals surface area contributed by atoms with Gasteiger partial charge in [0.15, 0.2) is 11.5 Å². The fourth-order valence-electron chi connectivity index (χ4n) is 1.62. The highest BCUT2D eigenvalue weighted by atomic mass is 32.1. The van der Waals surface area contributed by atoms with Gasteiger partial charge >= 0.3 is 0 Å². The third kappa shape index (κ3) is 3.49. The molecule has 6 heteroatoms. The summed E-state index contributed by atoms with van der Waals surface area (Å²) in [6.07, 6.45) is 0. The van der Waals surface area contributed by atoms with E-state index in [4.69, 9.17) is 14.6 Å².